The van der Waals surface area contributed by atoms with E-state index in [-0.39, 0.29) is 23.8 Å². The van der Waals surface area contributed by atoms with E-state index in [4.69, 9.17) is 11.6 Å². The molecule has 2 amide bonds. The third kappa shape index (κ3) is 9.38. The molecule has 0 saturated heterocycles. The zero-order valence-corrected chi connectivity index (χ0v) is 28.3. The number of rotatable bonds is 13. The number of nitrogens with zero attached hydrogens (tertiary/aromatic N) is 2. The Morgan fingerprint density at radius 1 is 0.854 bits per heavy atom. The molecule has 4 aromatic carbocycles. The standard InChI is InChI=1S/C36H37ClF3N3O4S/c1-25(2)22-41-35(45)33(20-27-12-6-4-7-13-27)42(23-28-14-10-11-26(3)19-28)34(44)24-43(48(46,47)30-15-8-5-9-16-30)29-17-18-32(37)31(21-29)36(38,39)40/h4-19,21,25,33H,20,22-24H2,1-3H3,(H,41,45)/t33-/m1/s1. The molecule has 1 N–H and O–H groups in total. The molecule has 4 rings (SSSR count). The van der Waals surface area contributed by atoms with E-state index < -0.39 is 56.9 Å². The molecule has 1 atom stereocenters. The van der Waals surface area contributed by atoms with Crippen molar-refractivity contribution in [2.45, 2.75) is 50.9 Å². The van der Waals surface area contributed by atoms with Gasteiger partial charge in [-0.2, -0.15) is 13.2 Å². The van der Waals surface area contributed by atoms with Crippen LogP contribution in [0.5, 0.6) is 0 Å². The van der Waals surface area contributed by atoms with E-state index in [1.165, 1.54) is 29.2 Å². The van der Waals surface area contributed by atoms with Crippen LogP contribution in [0.15, 0.2) is 108 Å². The van der Waals surface area contributed by atoms with Gasteiger partial charge in [-0.05, 0) is 54.3 Å². The molecule has 254 valence electrons. The van der Waals surface area contributed by atoms with Crippen LogP contribution >= 0.6 is 11.6 Å². The molecule has 0 aliphatic heterocycles. The fraction of sp³-hybridized carbons (Fsp3) is 0.278. The fourth-order valence-corrected chi connectivity index (χ4v) is 6.77. The summed E-state index contributed by atoms with van der Waals surface area (Å²) in [5.41, 5.74) is 0.669. The molecule has 0 saturated carbocycles. The van der Waals surface area contributed by atoms with Crippen molar-refractivity contribution in [2.24, 2.45) is 5.92 Å². The van der Waals surface area contributed by atoms with Crippen molar-refractivity contribution in [1.29, 1.82) is 0 Å². The Labute approximate surface area is 284 Å². The number of hydrogen-bond donors (Lipinski definition) is 1. The summed E-state index contributed by atoms with van der Waals surface area (Å²) >= 11 is 5.87. The van der Waals surface area contributed by atoms with Crippen molar-refractivity contribution in [3.63, 3.8) is 0 Å². The van der Waals surface area contributed by atoms with Gasteiger partial charge in [0.05, 0.1) is 21.2 Å². The number of hydrogen-bond acceptors (Lipinski definition) is 4. The number of aryl methyl sites for hydroxylation is 1. The van der Waals surface area contributed by atoms with Crippen molar-refractivity contribution in [3.05, 3.63) is 130 Å². The van der Waals surface area contributed by atoms with E-state index in [1.54, 1.807) is 30.3 Å². The predicted octanol–water partition coefficient (Wildman–Crippen LogP) is 7.27. The molecule has 0 radical (unpaired) electrons. The second-order valence-electron chi connectivity index (χ2n) is 11.8. The smallest absolute Gasteiger partial charge is 0.354 e. The molecule has 0 fully saturated rings. The van der Waals surface area contributed by atoms with E-state index >= 15 is 0 Å². The summed E-state index contributed by atoms with van der Waals surface area (Å²) in [6.07, 6.45) is -4.79. The van der Waals surface area contributed by atoms with Crippen molar-refractivity contribution in [1.82, 2.24) is 10.2 Å². The average molecular weight is 700 g/mol. The minimum absolute atomic E-state index is 0.0687. The number of carbonyl (C=O) groups is 2. The molecule has 0 heterocycles. The molecular formula is C36H37ClF3N3O4S. The number of carbonyl (C=O) groups excluding carboxylic acids is 2. The summed E-state index contributed by atoms with van der Waals surface area (Å²) in [5, 5.41) is 2.28. The van der Waals surface area contributed by atoms with Crippen LogP contribution in [-0.4, -0.2) is 44.3 Å². The van der Waals surface area contributed by atoms with Crippen LogP contribution in [0.25, 0.3) is 0 Å². The SMILES string of the molecule is Cc1cccc(CN(C(=O)CN(c2ccc(Cl)c(C(F)(F)F)c2)S(=O)(=O)c2ccccc2)[C@H](Cc2ccccc2)C(=O)NCC(C)C)c1. The van der Waals surface area contributed by atoms with E-state index in [2.05, 4.69) is 5.32 Å². The largest absolute Gasteiger partial charge is 0.417 e. The number of benzene rings is 4. The van der Waals surface area contributed by atoms with Gasteiger partial charge in [-0.3, -0.25) is 13.9 Å². The number of anilines is 1. The number of halogens is 4. The van der Waals surface area contributed by atoms with E-state index in [0.29, 0.717) is 22.5 Å². The van der Waals surface area contributed by atoms with Gasteiger partial charge in [0, 0.05) is 19.5 Å². The summed E-state index contributed by atoms with van der Waals surface area (Å²) in [7, 11) is -4.59. The summed E-state index contributed by atoms with van der Waals surface area (Å²) in [6.45, 7) is 5.09. The highest BCUT2D eigenvalue weighted by molar-refractivity contribution is 7.92. The maximum Gasteiger partial charge on any atom is 0.417 e. The van der Waals surface area contributed by atoms with Gasteiger partial charge >= 0.3 is 6.18 Å². The lowest BCUT2D eigenvalue weighted by Crippen LogP contribution is -2.53. The third-order valence-corrected chi connectivity index (χ3v) is 9.66. The number of sulfonamides is 1. The van der Waals surface area contributed by atoms with Gasteiger partial charge in [-0.1, -0.05) is 104 Å². The molecule has 0 aliphatic rings. The average Bonchev–Trinajstić information content (AvgIpc) is 3.04. The Balaban J connectivity index is 1.85. The molecule has 0 spiro atoms. The third-order valence-electron chi connectivity index (χ3n) is 7.54. The maximum atomic E-state index is 14.5. The number of amides is 2. The molecular weight excluding hydrogens is 663 g/mol. The van der Waals surface area contributed by atoms with E-state index in [9.17, 15) is 31.2 Å². The monoisotopic (exact) mass is 699 g/mol. The summed E-state index contributed by atoms with van der Waals surface area (Å²) < 4.78 is 70.6. The molecule has 7 nitrogen and oxygen atoms in total. The van der Waals surface area contributed by atoms with Crippen LogP contribution in [0.2, 0.25) is 5.02 Å². The Morgan fingerprint density at radius 2 is 1.48 bits per heavy atom. The first-order valence-corrected chi connectivity index (χ1v) is 17.1. The van der Waals surface area contributed by atoms with Crippen LogP contribution in [0.1, 0.15) is 36.1 Å². The van der Waals surface area contributed by atoms with Crippen LogP contribution in [0, 0.1) is 12.8 Å². The summed E-state index contributed by atoms with van der Waals surface area (Å²) in [5.74, 6) is -1.14. The van der Waals surface area contributed by atoms with Crippen molar-refractivity contribution in [3.8, 4) is 0 Å². The minimum Gasteiger partial charge on any atom is -0.354 e. The number of nitrogens with one attached hydrogen (secondary N) is 1. The van der Waals surface area contributed by atoms with Gasteiger partial charge in [0.25, 0.3) is 10.0 Å². The first-order valence-electron chi connectivity index (χ1n) is 15.3. The quantitative estimate of drug-likeness (QED) is 0.159. The Hall–Kier alpha value is -4.35. The van der Waals surface area contributed by atoms with Crippen LogP contribution in [0.3, 0.4) is 0 Å². The van der Waals surface area contributed by atoms with Gasteiger partial charge in [0.1, 0.15) is 12.6 Å². The Morgan fingerprint density at radius 3 is 2.08 bits per heavy atom. The molecule has 0 bridgehead atoms. The lowest BCUT2D eigenvalue weighted by Gasteiger charge is -2.34. The highest BCUT2D eigenvalue weighted by Gasteiger charge is 2.37. The lowest BCUT2D eigenvalue weighted by molar-refractivity contribution is -0.140. The van der Waals surface area contributed by atoms with Gasteiger partial charge in [0.2, 0.25) is 11.8 Å². The maximum absolute atomic E-state index is 14.5. The lowest BCUT2D eigenvalue weighted by atomic mass is 10.0. The van der Waals surface area contributed by atoms with Gasteiger partial charge in [-0.25, -0.2) is 8.42 Å². The normalized spacial score (nSPS) is 12.4. The van der Waals surface area contributed by atoms with Crippen LogP contribution < -0.4 is 9.62 Å². The second-order valence-corrected chi connectivity index (χ2v) is 14.1. The first-order chi connectivity index (χ1) is 22.7. The van der Waals surface area contributed by atoms with Crippen molar-refractivity contribution >= 4 is 39.1 Å². The molecule has 12 heteroatoms. The fourth-order valence-electron chi connectivity index (χ4n) is 5.12. The van der Waals surface area contributed by atoms with E-state index in [0.717, 1.165) is 23.3 Å². The Kier molecular flexibility index (Phi) is 11.9. The van der Waals surface area contributed by atoms with Gasteiger partial charge in [-0.15, -0.1) is 0 Å². The highest BCUT2D eigenvalue weighted by Crippen LogP contribution is 2.38. The zero-order chi connectivity index (χ0) is 35.1. The van der Waals surface area contributed by atoms with Crippen molar-refractivity contribution < 1.29 is 31.2 Å². The van der Waals surface area contributed by atoms with Crippen molar-refractivity contribution in [2.75, 3.05) is 17.4 Å². The first kappa shape index (κ1) is 36.5. The van der Waals surface area contributed by atoms with E-state index in [1.807, 2.05) is 51.1 Å². The number of alkyl halides is 3. The summed E-state index contributed by atoms with van der Waals surface area (Å²) in [4.78, 5) is 29.4. The predicted molar refractivity (Wildman–Crippen MR) is 181 cm³/mol. The van der Waals surface area contributed by atoms with Gasteiger partial charge in [0.15, 0.2) is 0 Å². The second kappa shape index (κ2) is 15.7. The Bertz CT molecular complexity index is 1820. The topological polar surface area (TPSA) is 86.8 Å². The minimum atomic E-state index is -4.90. The van der Waals surface area contributed by atoms with Crippen LogP contribution in [0.4, 0.5) is 18.9 Å². The molecule has 0 aliphatic carbocycles. The molecule has 0 unspecified atom stereocenters. The highest BCUT2D eigenvalue weighted by atomic mass is 35.5. The zero-order valence-electron chi connectivity index (χ0n) is 26.7. The summed E-state index contributed by atoms with van der Waals surface area (Å²) in [6, 6.07) is 25.0. The molecule has 4 aromatic rings. The van der Waals surface area contributed by atoms with Gasteiger partial charge < -0.3 is 10.2 Å². The molecule has 48 heavy (non-hydrogen) atoms. The molecule has 0 aromatic heterocycles. The van der Waals surface area contributed by atoms with Crippen LogP contribution in [-0.2, 0) is 38.8 Å².